The quantitative estimate of drug-likeness (QED) is 0.809. The first-order valence-corrected chi connectivity index (χ1v) is 6.05. The summed E-state index contributed by atoms with van der Waals surface area (Å²) in [5, 5.41) is 0. The second kappa shape index (κ2) is 5.18. The predicted octanol–water partition coefficient (Wildman–Crippen LogP) is 3.10. The molecule has 18 heavy (non-hydrogen) atoms. The number of halogens is 3. The first-order valence-electron chi connectivity index (χ1n) is 6.05. The lowest BCUT2D eigenvalue weighted by molar-refractivity contribution is -0.137. The summed E-state index contributed by atoms with van der Waals surface area (Å²) in [5.41, 5.74) is 1.06. The SMILES string of the molecule is CCc1ccc(C(F)(F)F)cc1N1CCOCC1. The summed E-state index contributed by atoms with van der Waals surface area (Å²) in [5.74, 6) is 0. The van der Waals surface area contributed by atoms with Crippen molar-refractivity contribution in [3.63, 3.8) is 0 Å². The Balaban J connectivity index is 2.35. The van der Waals surface area contributed by atoms with Crippen LogP contribution in [0.1, 0.15) is 18.1 Å². The van der Waals surface area contributed by atoms with Gasteiger partial charge in [0, 0.05) is 18.8 Å². The van der Waals surface area contributed by atoms with Crippen molar-refractivity contribution >= 4 is 5.69 Å². The highest BCUT2D eigenvalue weighted by Gasteiger charge is 2.31. The maximum absolute atomic E-state index is 12.7. The number of ether oxygens (including phenoxy) is 1. The van der Waals surface area contributed by atoms with Crippen molar-refractivity contribution in [1.29, 1.82) is 0 Å². The molecule has 0 amide bonds. The van der Waals surface area contributed by atoms with Gasteiger partial charge in [-0.1, -0.05) is 13.0 Å². The van der Waals surface area contributed by atoms with E-state index in [1.807, 2.05) is 11.8 Å². The summed E-state index contributed by atoms with van der Waals surface area (Å²) in [4.78, 5) is 1.97. The fourth-order valence-corrected chi connectivity index (χ4v) is 2.14. The maximum Gasteiger partial charge on any atom is 0.416 e. The van der Waals surface area contributed by atoms with E-state index >= 15 is 0 Å². The van der Waals surface area contributed by atoms with Crippen molar-refractivity contribution < 1.29 is 17.9 Å². The van der Waals surface area contributed by atoms with E-state index in [0.29, 0.717) is 32.0 Å². The summed E-state index contributed by atoms with van der Waals surface area (Å²) in [6.45, 7) is 4.38. The molecule has 0 aromatic heterocycles. The molecular weight excluding hydrogens is 243 g/mol. The molecule has 0 unspecified atom stereocenters. The van der Waals surface area contributed by atoms with E-state index in [1.54, 1.807) is 6.07 Å². The molecule has 0 atom stereocenters. The first kappa shape index (κ1) is 13.2. The highest BCUT2D eigenvalue weighted by Crippen LogP contribution is 2.33. The number of hydrogen-bond acceptors (Lipinski definition) is 2. The molecule has 0 aliphatic carbocycles. The number of alkyl halides is 3. The van der Waals surface area contributed by atoms with Crippen LogP contribution in [0.5, 0.6) is 0 Å². The van der Waals surface area contributed by atoms with Gasteiger partial charge in [-0.2, -0.15) is 13.2 Å². The number of anilines is 1. The Morgan fingerprint density at radius 2 is 1.89 bits per heavy atom. The standard InChI is InChI=1S/C13H16F3NO/c1-2-10-3-4-11(13(14,15)16)9-12(10)17-5-7-18-8-6-17/h3-4,9H,2,5-8H2,1H3. The van der Waals surface area contributed by atoms with E-state index in [0.717, 1.165) is 18.1 Å². The minimum absolute atomic E-state index is 0.569. The van der Waals surface area contributed by atoms with Gasteiger partial charge in [0.15, 0.2) is 0 Å². The molecule has 1 fully saturated rings. The van der Waals surface area contributed by atoms with Crippen molar-refractivity contribution in [3.05, 3.63) is 29.3 Å². The average Bonchev–Trinajstić information content (AvgIpc) is 2.38. The highest BCUT2D eigenvalue weighted by molar-refractivity contribution is 5.56. The molecule has 1 aliphatic heterocycles. The molecule has 1 aliphatic rings. The molecular formula is C13H16F3NO. The van der Waals surface area contributed by atoms with Crippen LogP contribution in [-0.2, 0) is 17.3 Å². The molecule has 5 heteroatoms. The Labute approximate surface area is 104 Å². The van der Waals surface area contributed by atoms with Crippen LogP contribution < -0.4 is 4.90 Å². The van der Waals surface area contributed by atoms with Gasteiger partial charge in [0.1, 0.15) is 0 Å². The van der Waals surface area contributed by atoms with Gasteiger partial charge in [0.2, 0.25) is 0 Å². The van der Waals surface area contributed by atoms with Gasteiger partial charge < -0.3 is 9.64 Å². The smallest absolute Gasteiger partial charge is 0.378 e. The van der Waals surface area contributed by atoms with Crippen molar-refractivity contribution in [2.45, 2.75) is 19.5 Å². The van der Waals surface area contributed by atoms with Crippen molar-refractivity contribution in [1.82, 2.24) is 0 Å². The number of hydrogen-bond donors (Lipinski definition) is 0. The van der Waals surface area contributed by atoms with E-state index in [2.05, 4.69) is 0 Å². The number of rotatable bonds is 2. The Kier molecular flexibility index (Phi) is 3.80. The Morgan fingerprint density at radius 3 is 2.44 bits per heavy atom. The molecule has 0 spiro atoms. The molecule has 1 saturated heterocycles. The zero-order valence-corrected chi connectivity index (χ0v) is 10.3. The molecule has 0 N–H and O–H groups in total. The monoisotopic (exact) mass is 259 g/mol. The highest BCUT2D eigenvalue weighted by atomic mass is 19.4. The molecule has 1 aromatic rings. The van der Waals surface area contributed by atoms with E-state index in [9.17, 15) is 13.2 Å². The van der Waals surface area contributed by atoms with Crippen LogP contribution in [0, 0.1) is 0 Å². The van der Waals surface area contributed by atoms with Crippen molar-refractivity contribution in [2.24, 2.45) is 0 Å². The van der Waals surface area contributed by atoms with E-state index in [-0.39, 0.29) is 0 Å². The molecule has 100 valence electrons. The van der Waals surface area contributed by atoms with E-state index < -0.39 is 11.7 Å². The second-order valence-electron chi connectivity index (χ2n) is 4.29. The second-order valence-corrected chi connectivity index (χ2v) is 4.29. The predicted molar refractivity (Wildman–Crippen MR) is 63.9 cm³/mol. The fraction of sp³-hybridized carbons (Fsp3) is 0.538. The molecule has 1 aromatic carbocycles. The normalized spacial score (nSPS) is 17.0. The van der Waals surface area contributed by atoms with Gasteiger partial charge in [-0.3, -0.25) is 0 Å². The van der Waals surface area contributed by atoms with Crippen LogP contribution >= 0.6 is 0 Å². The largest absolute Gasteiger partial charge is 0.416 e. The van der Waals surface area contributed by atoms with Gasteiger partial charge >= 0.3 is 6.18 Å². The number of aryl methyl sites for hydroxylation is 1. The lowest BCUT2D eigenvalue weighted by atomic mass is 10.0. The van der Waals surface area contributed by atoms with Crippen LogP contribution in [0.3, 0.4) is 0 Å². The lowest BCUT2D eigenvalue weighted by Gasteiger charge is -2.31. The lowest BCUT2D eigenvalue weighted by Crippen LogP contribution is -2.37. The summed E-state index contributed by atoms with van der Waals surface area (Å²) in [6, 6.07) is 3.99. The van der Waals surface area contributed by atoms with Gasteiger partial charge in [-0.15, -0.1) is 0 Å². The van der Waals surface area contributed by atoms with Crippen LogP contribution in [0.25, 0.3) is 0 Å². The van der Waals surface area contributed by atoms with Crippen molar-refractivity contribution in [3.8, 4) is 0 Å². The number of morpholine rings is 1. The summed E-state index contributed by atoms with van der Waals surface area (Å²) in [7, 11) is 0. The molecule has 1 heterocycles. The summed E-state index contributed by atoms with van der Waals surface area (Å²) >= 11 is 0. The molecule has 2 nitrogen and oxygen atoms in total. The molecule has 0 bridgehead atoms. The Hall–Kier alpha value is -1.23. The third kappa shape index (κ3) is 2.77. The molecule has 2 rings (SSSR count). The third-order valence-electron chi connectivity index (χ3n) is 3.15. The Morgan fingerprint density at radius 1 is 1.22 bits per heavy atom. The van der Waals surface area contributed by atoms with Gasteiger partial charge in [-0.05, 0) is 24.1 Å². The van der Waals surface area contributed by atoms with Crippen LogP contribution in [0.2, 0.25) is 0 Å². The minimum atomic E-state index is -4.28. The average molecular weight is 259 g/mol. The molecule has 0 radical (unpaired) electrons. The van der Waals surface area contributed by atoms with Crippen molar-refractivity contribution in [2.75, 3.05) is 31.2 Å². The minimum Gasteiger partial charge on any atom is -0.378 e. The van der Waals surface area contributed by atoms with Gasteiger partial charge in [0.05, 0.1) is 18.8 Å². The first-order chi connectivity index (χ1) is 8.52. The third-order valence-corrected chi connectivity index (χ3v) is 3.15. The topological polar surface area (TPSA) is 12.5 Å². The Bertz CT molecular complexity index is 411. The van der Waals surface area contributed by atoms with Gasteiger partial charge in [-0.25, -0.2) is 0 Å². The number of benzene rings is 1. The van der Waals surface area contributed by atoms with Crippen LogP contribution in [0.15, 0.2) is 18.2 Å². The van der Waals surface area contributed by atoms with Crippen LogP contribution in [-0.4, -0.2) is 26.3 Å². The van der Waals surface area contributed by atoms with Gasteiger partial charge in [0.25, 0.3) is 0 Å². The zero-order chi connectivity index (χ0) is 13.2. The molecule has 0 saturated carbocycles. The fourth-order valence-electron chi connectivity index (χ4n) is 2.14. The van der Waals surface area contributed by atoms with Crippen LogP contribution in [0.4, 0.5) is 18.9 Å². The summed E-state index contributed by atoms with van der Waals surface area (Å²) < 4.78 is 43.4. The maximum atomic E-state index is 12.7. The van der Waals surface area contributed by atoms with E-state index in [1.165, 1.54) is 6.07 Å². The zero-order valence-electron chi connectivity index (χ0n) is 10.3. The van der Waals surface area contributed by atoms with E-state index in [4.69, 9.17) is 4.74 Å². The summed E-state index contributed by atoms with van der Waals surface area (Å²) in [6.07, 6.45) is -3.56. The number of nitrogens with zero attached hydrogens (tertiary/aromatic N) is 1.